The lowest BCUT2D eigenvalue weighted by Gasteiger charge is -2.22. The van der Waals surface area contributed by atoms with E-state index >= 15 is 0 Å². The van der Waals surface area contributed by atoms with Gasteiger partial charge >= 0.3 is 0 Å². The fourth-order valence-corrected chi connectivity index (χ4v) is 3.04. The molecular weight excluding hydrogens is 282 g/mol. The molecule has 0 aliphatic rings. The number of rotatable bonds is 5. The zero-order valence-corrected chi connectivity index (χ0v) is 12.9. The van der Waals surface area contributed by atoms with Crippen molar-refractivity contribution in [3.8, 4) is 5.75 Å². The third-order valence-corrected chi connectivity index (χ3v) is 4.28. The molecule has 0 amide bonds. The largest absolute Gasteiger partial charge is 0.497 e. The predicted molar refractivity (Wildman–Crippen MR) is 87.1 cm³/mol. The molecule has 0 aliphatic heterocycles. The number of benzene rings is 1. The van der Waals surface area contributed by atoms with Gasteiger partial charge in [0.2, 0.25) is 0 Å². The summed E-state index contributed by atoms with van der Waals surface area (Å²) in [6, 6.07) is 10.2. The average molecular weight is 299 g/mol. The molecule has 4 nitrogen and oxygen atoms in total. The summed E-state index contributed by atoms with van der Waals surface area (Å²) in [6.45, 7) is 3.86. The van der Waals surface area contributed by atoms with E-state index in [0.29, 0.717) is 0 Å². The van der Waals surface area contributed by atoms with E-state index in [1.165, 1.54) is 5.56 Å². The third-order valence-electron chi connectivity index (χ3n) is 3.45. The van der Waals surface area contributed by atoms with Gasteiger partial charge in [0.25, 0.3) is 0 Å². The first-order chi connectivity index (χ1) is 10.3. The van der Waals surface area contributed by atoms with Gasteiger partial charge in [-0.15, -0.1) is 11.3 Å². The summed E-state index contributed by atoms with van der Waals surface area (Å²) in [5.41, 5.74) is 1.24. The molecule has 0 aliphatic carbocycles. The van der Waals surface area contributed by atoms with E-state index in [0.717, 1.165) is 34.9 Å². The van der Waals surface area contributed by atoms with Crippen molar-refractivity contribution < 1.29 is 4.74 Å². The molecule has 0 atom stereocenters. The summed E-state index contributed by atoms with van der Waals surface area (Å²) in [7, 11) is 1.68. The van der Waals surface area contributed by atoms with Gasteiger partial charge in [-0.25, -0.2) is 9.97 Å². The van der Waals surface area contributed by atoms with Crippen LogP contribution in [0.4, 0.5) is 5.82 Å². The minimum atomic E-state index is 0.822. The quantitative estimate of drug-likeness (QED) is 0.719. The number of aromatic nitrogens is 2. The van der Waals surface area contributed by atoms with Crippen molar-refractivity contribution in [2.45, 2.75) is 13.5 Å². The summed E-state index contributed by atoms with van der Waals surface area (Å²) in [6.07, 6.45) is 1.64. The second-order valence-electron chi connectivity index (χ2n) is 4.70. The second kappa shape index (κ2) is 6.10. The molecule has 0 saturated heterocycles. The highest BCUT2D eigenvalue weighted by Crippen LogP contribution is 2.27. The number of hydrogen-bond acceptors (Lipinski definition) is 5. The van der Waals surface area contributed by atoms with Crippen LogP contribution in [0.25, 0.3) is 10.2 Å². The van der Waals surface area contributed by atoms with Gasteiger partial charge in [-0.1, -0.05) is 12.1 Å². The Morgan fingerprint density at radius 3 is 2.67 bits per heavy atom. The van der Waals surface area contributed by atoms with Crippen LogP contribution in [0.2, 0.25) is 0 Å². The summed E-state index contributed by atoms with van der Waals surface area (Å²) >= 11 is 1.65. The average Bonchev–Trinajstić information content (AvgIpc) is 3.02. The second-order valence-corrected chi connectivity index (χ2v) is 5.59. The standard InChI is InChI=1S/C16H17N3OS/c1-3-19(10-12-4-6-13(20-2)7-5-12)15-14-8-9-21-16(14)18-11-17-15/h4-9,11H,3,10H2,1-2H3. The van der Waals surface area contributed by atoms with Crippen molar-refractivity contribution in [1.82, 2.24) is 9.97 Å². The smallest absolute Gasteiger partial charge is 0.141 e. The molecule has 0 radical (unpaired) electrons. The first-order valence-corrected chi connectivity index (χ1v) is 7.76. The van der Waals surface area contributed by atoms with Gasteiger partial charge in [-0.2, -0.15) is 0 Å². The Kier molecular flexibility index (Phi) is 4.01. The SMILES string of the molecule is CCN(Cc1ccc(OC)cc1)c1ncnc2sccc12. The number of hydrogen-bond donors (Lipinski definition) is 0. The molecule has 5 heteroatoms. The van der Waals surface area contributed by atoms with Crippen LogP contribution in [-0.2, 0) is 6.54 Å². The van der Waals surface area contributed by atoms with E-state index in [2.05, 4.69) is 45.4 Å². The minimum Gasteiger partial charge on any atom is -0.497 e. The highest BCUT2D eigenvalue weighted by Gasteiger charge is 2.12. The number of thiophene rings is 1. The highest BCUT2D eigenvalue weighted by molar-refractivity contribution is 7.16. The van der Waals surface area contributed by atoms with Gasteiger partial charge in [-0.3, -0.25) is 0 Å². The van der Waals surface area contributed by atoms with Crippen molar-refractivity contribution in [2.75, 3.05) is 18.6 Å². The van der Waals surface area contributed by atoms with Crippen LogP contribution >= 0.6 is 11.3 Å². The lowest BCUT2D eigenvalue weighted by atomic mass is 10.2. The summed E-state index contributed by atoms with van der Waals surface area (Å²) < 4.78 is 5.20. The topological polar surface area (TPSA) is 38.2 Å². The van der Waals surface area contributed by atoms with E-state index < -0.39 is 0 Å². The normalized spacial score (nSPS) is 10.8. The summed E-state index contributed by atoms with van der Waals surface area (Å²) in [5, 5.41) is 3.18. The Morgan fingerprint density at radius 2 is 1.95 bits per heavy atom. The van der Waals surface area contributed by atoms with E-state index in [1.54, 1.807) is 24.8 Å². The van der Waals surface area contributed by atoms with Crippen molar-refractivity contribution in [2.24, 2.45) is 0 Å². The molecule has 0 unspecified atom stereocenters. The maximum Gasteiger partial charge on any atom is 0.141 e. The number of ether oxygens (including phenoxy) is 1. The van der Waals surface area contributed by atoms with Crippen LogP contribution < -0.4 is 9.64 Å². The molecule has 2 aromatic heterocycles. The molecule has 0 saturated carbocycles. The predicted octanol–water partition coefficient (Wildman–Crippen LogP) is 3.73. The van der Waals surface area contributed by atoms with Crippen LogP contribution in [0.1, 0.15) is 12.5 Å². The van der Waals surface area contributed by atoms with E-state index in [1.807, 2.05) is 12.1 Å². The monoisotopic (exact) mass is 299 g/mol. The van der Waals surface area contributed by atoms with Crippen molar-refractivity contribution >= 4 is 27.4 Å². The fraction of sp³-hybridized carbons (Fsp3) is 0.250. The Bertz CT molecular complexity index is 724. The first kappa shape index (κ1) is 13.8. The van der Waals surface area contributed by atoms with E-state index in [9.17, 15) is 0 Å². The Morgan fingerprint density at radius 1 is 1.14 bits per heavy atom. The maximum atomic E-state index is 5.20. The van der Waals surface area contributed by atoms with E-state index in [-0.39, 0.29) is 0 Å². The van der Waals surface area contributed by atoms with Crippen molar-refractivity contribution in [1.29, 1.82) is 0 Å². The van der Waals surface area contributed by atoms with Crippen LogP contribution in [0.15, 0.2) is 42.0 Å². The molecular formula is C16H17N3OS. The lowest BCUT2D eigenvalue weighted by Crippen LogP contribution is -2.23. The molecule has 21 heavy (non-hydrogen) atoms. The van der Waals surface area contributed by atoms with Crippen molar-refractivity contribution in [3.05, 3.63) is 47.6 Å². The molecule has 0 fully saturated rings. The number of anilines is 1. The zero-order valence-electron chi connectivity index (χ0n) is 12.1. The van der Waals surface area contributed by atoms with E-state index in [4.69, 9.17) is 4.74 Å². The third kappa shape index (κ3) is 2.83. The van der Waals surface area contributed by atoms with Gasteiger partial charge < -0.3 is 9.64 Å². The fourth-order valence-electron chi connectivity index (χ4n) is 2.32. The van der Waals surface area contributed by atoms with Crippen LogP contribution in [0.3, 0.4) is 0 Å². The Labute approximate surface area is 128 Å². The van der Waals surface area contributed by atoms with Crippen molar-refractivity contribution in [3.63, 3.8) is 0 Å². The Balaban J connectivity index is 1.89. The summed E-state index contributed by atoms with van der Waals surface area (Å²) in [4.78, 5) is 12.1. The lowest BCUT2D eigenvalue weighted by molar-refractivity contribution is 0.414. The van der Waals surface area contributed by atoms with Gasteiger partial charge in [-0.05, 0) is 36.1 Å². The van der Waals surface area contributed by atoms with Crippen LogP contribution in [0, 0.1) is 0 Å². The molecule has 0 bridgehead atoms. The number of fused-ring (bicyclic) bond motifs is 1. The molecule has 2 heterocycles. The highest BCUT2D eigenvalue weighted by atomic mass is 32.1. The van der Waals surface area contributed by atoms with Gasteiger partial charge in [0, 0.05) is 13.1 Å². The Hall–Kier alpha value is -2.14. The maximum absolute atomic E-state index is 5.20. The van der Waals surface area contributed by atoms with Gasteiger partial charge in [0.15, 0.2) is 0 Å². The van der Waals surface area contributed by atoms with Gasteiger partial charge in [0.05, 0.1) is 12.5 Å². The van der Waals surface area contributed by atoms with Crippen LogP contribution in [0.5, 0.6) is 5.75 Å². The van der Waals surface area contributed by atoms with Gasteiger partial charge in [0.1, 0.15) is 22.7 Å². The molecule has 3 rings (SSSR count). The molecule has 108 valence electrons. The number of nitrogens with zero attached hydrogens (tertiary/aromatic N) is 3. The minimum absolute atomic E-state index is 0.822. The molecule has 3 aromatic rings. The molecule has 0 N–H and O–H groups in total. The summed E-state index contributed by atoms with van der Waals surface area (Å²) in [5.74, 6) is 1.88. The number of methoxy groups -OCH3 is 1. The first-order valence-electron chi connectivity index (χ1n) is 6.88. The molecule has 1 aromatic carbocycles. The van der Waals surface area contributed by atoms with Crippen LogP contribution in [-0.4, -0.2) is 23.6 Å². The zero-order chi connectivity index (χ0) is 14.7. The molecule has 0 spiro atoms.